The molecule has 15 heavy (non-hydrogen) atoms. The van der Waals surface area contributed by atoms with Gasteiger partial charge in [0.2, 0.25) is 0 Å². The highest BCUT2D eigenvalue weighted by Gasteiger charge is 2.18. The third-order valence-electron chi connectivity index (χ3n) is 2.98. The molecule has 0 aromatic carbocycles. The molecule has 86 valence electrons. The molecule has 1 rings (SSSR count). The lowest BCUT2D eigenvalue weighted by Gasteiger charge is -2.20. The summed E-state index contributed by atoms with van der Waals surface area (Å²) < 4.78 is 0. The van der Waals surface area contributed by atoms with Crippen molar-refractivity contribution in [1.29, 1.82) is 0 Å². The Labute approximate surface area is 99.4 Å². The van der Waals surface area contributed by atoms with Crippen LogP contribution in [0, 0.1) is 0 Å². The van der Waals surface area contributed by atoms with Gasteiger partial charge in [0.1, 0.15) is 0 Å². The van der Waals surface area contributed by atoms with E-state index in [1.165, 1.54) is 44.1 Å². The van der Waals surface area contributed by atoms with E-state index in [9.17, 15) is 0 Å². The summed E-state index contributed by atoms with van der Waals surface area (Å²) in [5.41, 5.74) is 1.48. The summed E-state index contributed by atoms with van der Waals surface area (Å²) in [6.07, 6.45) is 15.6. The molecule has 0 nitrogen and oxygen atoms in total. The number of rotatable bonds is 6. The van der Waals surface area contributed by atoms with Crippen molar-refractivity contribution in [3.63, 3.8) is 0 Å². The highest BCUT2D eigenvalue weighted by atomic mass is 35.5. The lowest BCUT2D eigenvalue weighted by Crippen LogP contribution is -2.13. The van der Waals surface area contributed by atoms with Gasteiger partial charge < -0.3 is 0 Å². The van der Waals surface area contributed by atoms with E-state index >= 15 is 0 Å². The SMILES string of the molecule is CCCCCCCC1=CCC(C)(Cl)C=C1. The van der Waals surface area contributed by atoms with Gasteiger partial charge in [-0.3, -0.25) is 0 Å². The Balaban J connectivity index is 2.13. The van der Waals surface area contributed by atoms with E-state index < -0.39 is 0 Å². The zero-order chi connectivity index (χ0) is 11.1. The third kappa shape index (κ3) is 5.41. The van der Waals surface area contributed by atoms with Gasteiger partial charge in [0.05, 0.1) is 4.87 Å². The van der Waals surface area contributed by atoms with Gasteiger partial charge in [-0.25, -0.2) is 0 Å². The van der Waals surface area contributed by atoms with Crippen LogP contribution >= 0.6 is 11.6 Å². The predicted molar refractivity (Wildman–Crippen MR) is 69.5 cm³/mol. The maximum Gasteiger partial charge on any atom is 0.0635 e. The van der Waals surface area contributed by atoms with Crippen molar-refractivity contribution in [2.45, 2.75) is 63.7 Å². The molecule has 0 saturated carbocycles. The fraction of sp³-hybridized carbons (Fsp3) is 0.714. The van der Waals surface area contributed by atoms with Crippen LogP contribution < -0.4 is 0 Å². The van der Waals surface area contributed by atoms with Crippen molar-refractivity contribution < 1.29 is 0 Å². The van der Waals surface area contributed by atoms with Crippen molar-refractivity contribution in [1.82, 2.24) is 0 Å². The topological polar surface area (TPSA) is 0 Å². The molecule has 0 bridgehead atoms. The summed E-state index contributed by atoms with van der Waals surface area (Å²) in [5.74, 6) is 0. The van der Waals surface area contributed by atoms with Gasteiger partial charge in [0.25, 0.3) is 0 Å². The Morgan fingerprint density at radius 2 is 2.00 bits per heavy atom. The van der Waals surface area contributed by atoms with Gasteiger partial charge in [-0.1, -0.05) is 56.4 Å². The van der Waals surface area contributed by atoms with Crippen LogP contribution in [0.25, 0.3) is 0 Å². The lowest BCUT2D eigenvalue weighted by atomic mass is 9.94. The molecule has 0 spiro atoms. The van der Waals surface area contributed by atoms with E-state index in [0.717, 1.165) is 6.42 Å². The van der Waals surface area contributed by atoms with Gasteiger partial charge in [-0.2, -0.15) is 0 Å². The molecule has 0 N–H and O–H groups in total. The largest absolute Gasteiger partial charge is 0.115 e. The number of unbranched alkanes of at least 4 members (excludes halogenated alkanes) is 4. The summed E-state index contributed by atoms with van der Waals surface area (Å²) in [6, 6.07) is 0. The second-order valence-electron chi connectivity index (χ2n) is 4.76. The summed E-state index contributed by atoms with van der Waals surface area (Å²) in [5, 5.41) is 0. The summed E-state index contributed by atoms with van der Waals surface area (Å²) in [7, 11) is 0. The molecule has 1 unspecified atom stereocenters. The van der Waals surface area contributed by atoms with Gasteiger partial charge in [0.15, 0.2) is 0 Å². The van der Waals surface area contributed by atoms with E-state index in [1.807, 2.05) is 0 Å². The minimum atomic E-state index is -0.133. The highest BCUT2D eigenvalue weighted by molar-refractivity contribution is 6.25. The Hall–Kier alpha value is -0.230. The van der Waals surface area contributed by atoms with E-state index in [1.54, 1.807) is 0 Å². The van der Waals surface area contributed by atoms with Crippen LogP contribution in [0.2, 0.25) is 0 Å². The molecule has 0 fully saturated rings. The fourth-order valence-corrected chi connectivity index (χ4v) is 2.01. The number of hydrogen-bond acceptors (Lipinski definition) is 0. The highest BCUT2D eigenvalue weighted by Crippen LogP contribution is 2.28. The van der Waals surface area contributed by atoms with E-state index in [4.69, 9.17) is 11.6 Å². The number of hydrogen-bond donors (Lipinski definition) is 0. The zero-order valence-electron chi connectivity index (χ0n) is 10.1. The first kappa shape index (κ1) is 12.8. The standard InChI is InChI=1S/C14H23Cl/c1-3-4-5-6-7-8-13-9-11-14(2,15)12-10-13/h9-11H,3-8,12H2,1-2H3. The maximum absolute atomic E-state index is 6.21. The van der Waals surface area contributed by atoms with Crippen molar-refractivity contribution in [2.24, 2.45) is 0 Å². The summed E-state index contributed by atoms with van der Waals surface area (Å²) in [4.78, 5) is -0.133. The molecule has 0 amide bonds. The molecule has 0 heterocycles. The predicted octanol–water partition coefficient (Wildman–Crippen LogP) is 5.23. The van der Waals surface area contributed by atoms with E-state index in [0.29, 0.717) is 0 Å². The number of alkyl halides is 1. The van der Waals surface area contributed by atoms with Crippen molar-refractivity contribution in [3.8, 4) is 0 Å². The van der Waals surface area contributed by atoms with Gasteiger partial charge in [-0.05, 0) is 26.2 Å². The van der Waals surface area contributed by atoms with Crippen molar-refractivity contribution >= 4 is 11.6 Å². The molecule has 0 radical (unpaired) electrons. The zero-order valence-corrected chi connectivity index (χ0v) is 10.8. The minimum absolute atomic E-state index is 0.133. The van der Waals surface area contributed by atoms with E-state index in [-0.39, 0.29) is 4.87 Å². The van der Waals surface area contributed by atoms with Gasteiger partial charge >= 0.3 is 0 Å². The molecule has 1 atom stereocenters. The molecular formula is C14H23Cl. The Bertz CT molecular complexity index is 236. The fourth-order valence-electron chi connectivity index (χ4n) is 1.87. The number of halogens is 1. The second-order valence-corrected chi connectivity index (χ2v) is 5.62. The Morgan fingerprint density at radius 3 is 2.60 bits per heavy atom. The van der Waals surface area contributed by atoms with Crippen molar-refractivity contribution in [3.05, 3.63) is 23.8 Å². The van der Waals surface area contributed by atoms with Gasteiger partial charge in [0, 0.05) is 0 Å². The molecule has 0 aromatic rings. The van der Waals surface area contributed by atoms with Crippen LogP contribution in [0.5, 0.6) is 0 Å². The molecule has 1 heteroatoms. The van der Waals surface area contributed by atoms with Crippen LogP contribution in [0.1, 0.15) is 58.8 Å². The quantitative estimate of drug-likeness (QED) is 0.430. The van der Waals surface area contributed by atoms with E-state index in [2.05, 4.69) is 32.1 Å². The Kier molecular flexibility index (Phi) is 5.45. The minimum Gasteiger partial charge on any atom is -0.115 e. The van der Waals surface area contributed by atoms with Crippen LogP contribution in [-0.2, 0) is 0 Å². The smallest absolute Gasteiger partial charge is 0.0635 e. The van der Waals surface area contributed by atoms with Crippen LogP contribution in [0.4, 0.5) is 0 Å². The molecule has 0 aromatic heterocycles. The average molecular weight is 227 g/mol. The first-order valence-corrected chi connectivity index (χ1v) is 6.59. The Morgan fingerprint density at radius 1 is 1.27 bits per heavy atom. The summed E-state index contributed by atoms with van der Waals surface area (Å²) >= 11 is 6.21. The molecule has 0 saturated heterocycles. The second kappa shape index (κ2) is 6.37. The normalized spacial score (nSPS) is 25.4. The first-order chi connectivity index (χ1) is 7.14. The van der Waals surface area contributed by atoms with Crippen LogP contribution in [0.3, 0.4) is 0 Å². The monoisotopic (exact) mass is 226 g/mol. The first-order valence-electron chi connectivity index (χ1n) is 6.21. The molecular weight excluding hydrogens is 204 g/mol. The third-order valence-corrected chi connectivity index (χ3v) is 3.26. The van der Waals surface area contributed by atoms with Crippen LogP contribution in [-0.4, -0.2) is 4.87 Å². The molecule has 1 aliphatic carbocycles. The maximum atomic E-state index is 6.21. The number of allylic oxidation sites excluding steroid dienone is 4. The van der Waals surface area contributed by atoms with Gasteiger partial charge in [-0.15, -0.1) is 11.6 Å². The summed E-state index contributed by atoms with van der Waals surface area (Å²) in [6.45, 7) is 4.33. The molecule has 1 aliphatic rings. The average Bonchev–Trinajstić information content (AvgIpc) is 2.20. The van der Waals surface area contributed by atoms with Crippen LogP contribution in [0.15, 0.2) is 23.8 Å². The lowest BCUT2D eigenvalue weighted by molar-refractivity contribution is 0.630. The molecule has 0 aliphatic heterocycles. The van der Waals surface area contributed by atoms with Crippen molar-refractivity contribution in [2.75, 3.05) is 0 Å².